The van der Waals surface area contributed by atoms with E-state index in [1.165, 1.54) is 0 Å². The van der Waals surface area contributed by atoms with Crippen LogP contribution in [0.2, 0.25) is 0 Å². The molecule has 1 fully saturated rings. The molecule has 1 aromatic heterocycles. The van der Waals surface area contributed by atoms with Gasteiger partial charge in [-0.05, 0) is 47.3 Å². The highest BCUT2D eigenvalue weighted by Gasteiger charge is 2.23. The molecular weight excluding hydrogens is 272 g/mol. The highest BCUT2D eigenvalue weighted by molar-refractivity contribution is 9.10. The van der Waals surface area contributed by atoms with Crippen molar-refractivity contribution >= 4 is 27.7 Å². The van der Waals surface area contributed by atoms with Gasteiger partial charge in [0.15, 0.2) is 0 Å². The van der Waals surface area contributed by atoms with Gasteiger partial charge in [0.25, 0.3) is 5.91 Å². The second-order valence-corrected chi connectivity index (χ2v) is 4.66. The lowest BCUT2D eigenvalue weighted by Crippen LogP contribution is -2.27. The van der Waals surface area contributed by atoms with Crippen LogP contribution in [0.15, 0.2) is 16.7 Å². The number of halogens is 1. The van der Waals surface area contributed by atoms with E-state index in [1.807, 2.05) is 13.0 Å². The number of nitrogens with zero attached hydrogens (tertiary/aromatic N) is 1. The third-order valence-corrected chi connectivity index (χ3v) is 3.35. The molecule has 86 valence electrons. The lowest BCUT2D eigenvalue weighted by molar-refractivity contribution is -0.124. The molecule has 1 amide bonds. The number of amides is 1. The third kappa shape index (κ3) is 2.59. The maximum Gasteiger partial charge on any atom is 0.254 e. The van der Waals surface area contributed by atoms with Crippen molar-refractivity contribution < 1.29 is 9.53 Å². The van der Waals surface area contributed by atoms with Crippen LogP contribution in [-0.4, -0.2) is 23.6 Å². The minimum Gasteiger partial charge on any atom is -0.368 e. The fourth-order valence-electron chi connectivity index (χ4n) is 1.60. The summed E-state index contributed by atoms with van der Waals surface area (Å²) in [6.07, 6.45) is 3.11. The molecule has 4 nitrogen and oxygen atoms in total. The molecule has 0 aliphatic carbocycles. The van der Waals surface area contributed by atoms with Gasteiger partial charge in [0, 0.05) is 17.3 Å². The van der Waals surface area contributed by atoms with Crippen LogP contribution in [0.5, 0.6) is 0 Å². The van der Waals surface area contributed by atoms with Gasteiger partial charge in [-0.1, -0.05) is 0 Å². The Morgan fingerprint density at radius 1 is 1.69 bits per heavy atom. The number of rotatable bonds is 2. The summed E-state index contributed by atoms with van der Waals surface area (Å²) < 4.78 is 6.22. The predicted molar refractivity (Wildman–Crippen MR) is 64.3 cm³/mol. The summed E-state index contributed by atoms with van der Waals surface area (Å²) in [6.45, 7) is 2.62. The van der Waals surface area contributed by atoms with Gasteiger partial charge in [-0.15, -0.1) is 0 Å². The number of hydrogen-bond acceptors (Lipinski definition) is 3. The lowest BCUT2D eigenvalue weighted by atomic mass is 10.2. The molecule has 0 spiro atoms. The van der Waals surface area contributed by atoms with Crippen molar-refractivity contribution in [3.8, 4) is 0 Å². The largest absolute Gasteiger partial charge is 0.368 e. The van der Waals surface area contributed by atoms with E-state index in [4.69, 9.17) is 4.74 Å². The van der Waals surface area contributed by atoms with Crippen molar-refractivity contribution in [3.05, 3.63) is 22.3 Å². The van der Waals surface area contributed by atoms with E-state index in [0.717, 1.165) is 22.9 Å². The Balaban J connectivity index is 2.02. The van der Waals surface area contributed by atoms with Crippen molar-refractivity contribution in [1.29, 1.82) is 0 Å². The number of hydrogen-bond donors (Lipinski definition) is 1. The molecule has 5 heteroatoms. The van der Waals surface area contributed by atoms with E-state index in [2.05, 4.69) is 26.2 Å². The molecule has 1 saturated heterocycles. The topological polar surface area (TPSA) is 51.2 Å². The van der Waals surface area contributed by atoms with Gasteiger partial charge >= 0.3 is 0 Å². The van der Waals surface area contributed by atoms with Gasteiger partial charge in [-0.25, -0.2) is 4.98 Å². The number of nitrogens with one attached hydrogen (secondary N) is 1. The van der Waals surface area contributed by atoms with Crippen LogP contribution in [0.3, 0.4) is 0 Å². The van der Waals surface area contributed by atoms with E-state index >= 15 is 0 Å². The number of carbonyl (C=O) groups is 1. The molecule has 1 N–H and O–H groups in total. The average Bonchev–Trinajstić information content (AvgIpc) is 2.77. The van der Waals surface area contributed by atoms with Crippen LogP contribution in [0.4, 0.5) is 5.82 Å². The van der Waals surface area contributed by atoms with Crippen LogP contribution < -0.4 is 5.32 Å². The summed E-state index contributed by atoms with van der Waals surface area (Å²) in [5, 5.41) is 2.76. The third-order valence-electron chi connectivity index (χ3n) is 2.52. The minimum absolute atomic E-state index is 0.105. The molecule has 1 atom stereocenters. The van der Waals surface area contributed by atoms with E-state index in [1.54, 1.807) is 6.20 Å². The summed E-state index contributed by atoms with van der Waals surface area (Å²) >= 11 is 3.36. The van der Waals surface area contributed by atoms with Gasteiger partial charge in [0.1, 0.15) is 11.9 Å². The molecule has 2 rings (SSSR count). The number of pyridine rings is 1. The lowest BCUT2D eigenvalue weighted by Gasteiger charge is -2.10. The standard InChI is InChI=1S/C11H13BrN2O2/c1-7-5-10(13-6-8(7)12)14-11(15)9-3-2-4-16-9/h5-6,9H,2-4H2,1H3,(H,13,14,15). The van der Waals surface area contributed by atoms with Gasteiger partial charge in [0.05, 0.1) is 0 Å². The molecule has 1 unspecified atom stereocenters. The fourth-order valence-corrected chi connectivity index (χ4v) is 1.82. The van der Waals surface area contributed by atoms with E-state index in [-0.39, 0.29) is 12.0 Å². The molecule has 0 radical (unpaired) electrons. The molecule has 0 saturated carbocycles. The van der Waals surface area contributed by atoms with E-state index < -0.39 is 0 Å². The predicted octanol–water partition coefficient (Wildman–Crippen LogP) is 2.27. The van der Waals surface area contributed by atoms with Gasteiger partial charge in [-0.3, -0.25) is 4.79 Å². The molecule has 1 aliphatic heterocycles. The molecule has 16 heavy (non-hydrogen) atoms. The highest BCUT2D eigenvalue weighted by atomic mass is 79.9. The summed E-state index contributed by atoms with van der Waals surface area (Å²) in [4.78, 5) is 15.8. The number of aryl methyl sites for hydroxylation is 1. The normalized spacial score (nSPS) is 19.8. The zero-order valence-electron chi connectivity index (χ0n) is 9.00. The van der Waals surface area contributed by atoms with Gasteiger partial charge in [0.2, 0.25) is 0 Å². The SMILES string of the molecule is Cc1cc(NC(=O)C2CCCO2)ncc1Br. The zero-order chi connectivity index (χ0) is 11.5. The number of aromatic nitrogens is 1. The van der Waals surface area contributed by atoms with Crippen LogP contribution in [0.25, 0.3) is 0 Å². The zero-order valence-corrected chi connectivity index (χ0v) is 10.6. The molecule has 1 aromatic rings. The van der Waals surface area contributed by atoms with Crippen molar-refractivity contribution in [2.45, 2.75) is 25.9 Å². The van der Waals surface area contributed by atoms with Crippen molar-refractivity contribution in [2.75, 3.05) is 11.9 Å². The average molecular weight is 285 g/mol. The summed E-state index contributed by atoms with van der Waals surface area (Å²) in [6, 6.07) is 1.83. The number of anilines is 1. The summed E-state index contributed by atoms with van der Waals surface area (Å²) in [5.41, 5.74) is 1.04. The van der Waals surface area contributed by atoms with Crippen LogP contribution in [0.1, 0.15) is 18.4 Å². The van der Waals surface area contributed by atoms with Crippen LogP contribution in [-0.2, 0) is 9.53 Å². The second kappa shape index (κ2) is 4.93. The molecule has 1 aliphatic rings. The Morgan fingerprint density at radius 2 is 2.50 bits per heavy atom. The maximum absolute atomic E-state index is 11.7. The summed E-state index contributed by atoms with van der Waals surface area (Å²) in [7, 11) is 0. The first kappa shape index (κ1) is 11.5. The Kier molecular flexibility index (Phi) is 3.56. The number of carbonyl (C=O) groups excluding carboxylic acids is 1. The smallest absolute Gasteiger partial charge is 0.254 e. The summed E-state index contributed by atoms with van der Waals surface area (Å²) in [5.74, 6) is 0.466. The Hall–Kier alpha value is -0.940. The Bertz CT molecular complexity index is 403. The van der Waals surface area contributed by atoms with Crippen LogP contribution >= 0.6 is 15.9 Å². The van der Waals surface area contributed by atoms with Crippen molar-refractivity contribution in [1.82, 2.24) is 4.98 Å². The molecule has 0 bridgehead atoms. The Labute approximate surface area is 103 Å². The highest BCUT2D eigenvalue weighted by Crippen LogP contribution is 2.18. The first-order valence-electron chi connectivity index (χ1n) is 5.21. The van der Waals surface area contributed by atoms with Crippen molar-refractivity contribution in [2.24, 2.45) is 0 Å². The van der Waals surface area contributed by atoms with Gasteiger partial charge < -0.3 is 10.1 Å². The number of ether oxygens (including phenoxy) is 1. The van der Waals surface area contributed by atoms with Gasteiger partial charge in [-0.2, -0.15) is 0 Å². The maximum atomic E-state index is 11.7. The second-order valence-electron chi connectivity index (χ2n) is 3.81. The van der Waals surface area contributed by atoms with E-state index in [9.17, 15) is 4.79 Å². The first-order chi connectivity index (χ1) is 7.66. The van der Waals surface area contributed by atoms with Crippen LogP contribution in [0, 0.1) is 6.92 Å². The quantitative estimate of drug-likeness (QED) is 0.907. The molecule has 2 heterocycles. The molecular formula is C11H13BrN2O2. The Morgan fingerprint density at radius 3 is 3.12 bits per heavy atom. The fraction of sp³-hybridized carbons (Fsp3) is 0.455. The monoisotopic (exact) mass is 284 g/mol. The first-order valence-corrected chi connectivity index (χ1v) is 6.01. The van der Waals surface area contributed by atoms with E-state index in [0.29, 0.717) is 12.4 Å². The van der Waals surface area contributed by atoms with Crippen molar-refractivity contribution in [3.63, 3.8) is 0 Å². The molecule has 0 aromatic carbocycles. The minimum atomic E-state index is -0.314.